The highest BCUT2D eigenvalue weighted by atomic mass is 32.2. The first-order valence-corrected chi connectivity index (χ1v) is 8.93. The number of nitrogens with zero attached hydrogens (tertiary/aromatic N) is 1. The predicted octanol–water partition coefficient (Wildman–Crippen LogP) is 4.70. The van der Waals surface area contributed by atoms with Crippen LogP contribution in [0.5, 0.6) is 0 Å². The molecule has 5 heteroatoms. The van der Waals surface area contributed by atoms with E-state index in [0.717, 1.165) is 11.1 Å². The quantitative estimate of drug-likeness (QED) is 0.733. The van der Waals surface area contributed by atoms with Crippen molar-refractivity contribution in [3.63, 3.8) is 0 Å². The second-order valence-electron chi connectivity index (χ2n) is 5.30. The third kappa shape index (κ3) is 3.51. The molecule has 0 radical (unpaired) electrons. The first-order chi connectivity index (χ1) is 11.7. The van der Waals surface area contributed by atoms with Crippen molar-refractivity contribution in [2.75, 3.05) is 11.6 Å². The van der Waals surface area contributed by atoms with E-state index in [1.165, 1.54) is 11.8 Å². The highest BCUT2D eigenvalue weighted by Gasteiger charge is 2.19. The minimum atomic E-state index is -0.169. The molecule has 0 spiro atoms. The summed E-state index contributed by atoms with van der Waals surface area (Å²) in [5.41, 5.74) is 2.58. The Labute approximate surface area is 145 Å². The molecule has 3 aromatic rings. The summed E-state index contributed by atoms with van der Waals surface area (Å²) in [4.78, 5) is 16.6. The SMILES string of the molecule is CS[C@H](C)C(=O)Nc1nc(-c2ccccc2)c(-c2ccccc2)o1. The maximum absolute atomic E-state index is 12.1. The maximum atomic E-state index is 12.1. The molecule has 0 aliphatic rings. The molecule has 0 aliphatic heterocycles. The van der Waals surface area contributed by atoms with Crippen LogP contribution in [0, 0.1) is 0 Å². The molecule has 24 heavy (non-hydrogen) atoms. The van der Waals surface area contributed by atoms with Crippen molar-refractivity contribution >= 4 is 23.7 Å². The van der Waals surface area contributed by atoms with Crippen molar-refractivity contribution in [3.8, 4) is 22.6 Å². The normalized spacial score (nSPS) is 11.9. The Bertz CT molecular complexity index is 759. The van der Waals surface area contributed by atoms with Crippen LogP contribution in [0.15, 0.2) is 65.1 Å². The molecule has 3 rings (SSSR count). The van der Waals surface area contributed by atoms with Gasteiger partial charge in [0.2, 0.25) is 5.91 Å². The average molecular weight is 338 g/mol. The van der Waals surface area contributed by atoms with E-state index in [2.05, 4.69) is 10.3 Å². The van der Waals surface area contributed by atoms with E-state index in [9.17, 15) is 4.79 Å². The molecule has 1 N–H and O–H groups in total. The second-order valence-corrected chi connectivity index (χ2v) is 6.47. The van der Waals surface area contributed by atoms with Gasteiger partial charge in [-0.1, -0.05) is 60.7 Å². The van der Waals surface area contributed by atoms with E-state index < -0.39 is 0 Å². The van der Waals surface area contributed by atoms with Crippen molar-refractivity contribution < 1.29 is 9.21 Å². The van der Waals surface area contributed by atoms with Crippen molar-refractivity contribution in [1.29, 1.82) is 0 Å². The van der Waals surface area contributed by atoms with Crippen LogP contribution in [0.25, 0.3) is 22.6 Å². The summed E-state index contributed by atoms with van der Waals surface area (Å²) >= 11 is 1.47. The van der Waals surface area contributed by atoms with Gasteiger partial charge < -0.3 is 4.42 Å². The third-order valence-corrected chi connectivity index (χ3v) is 4.58. The van der Waals surface area contributed by atoms with Crippen LogP contribution in [-0.2, 0) is 4.79 Å². The fourth-order valence-corrected chi connectivity index (χ4v) is 2.54. The standard InChI is InChI=1S/C19H18N2O2S/c1-13(24-2)18(22)21-19-20-16(14-9-5-3-6-10-14)17(23-19)15-11-7-4-8-12-15/h3-13H,1-2H3,(H,20,21,22)/t13-/m1/s1. The summed E-state index contributed by atoms with van der Waals surface area (Å²) in [6.07, 6.45) is 1.89. The Morgan fingerprint density at radius 3 is 2.21 bits per heavy atom. The highest BCUT2D eigenvalue weighted by Crippen LogP contribution is 2.34. The summed E-state index contributed by atoms with van der Waals surface area (Å²) < 4.78 is 5.87. The van der Waals surface area contributed by atoms with Gasteiger partial charge in [0.05, 0.1) is 5.25 Å². The molecular weight excluding hydrogens is 320 g/mol. The number of anilines is 1. The van der Waals surface area contributed by atoms with Crippen LogP contribution in [0.2, 0.25) is 0 Å². The van der Waals surface area contributed by atoms with Crippen LogP contribution >= 0.6 is 11.8 Å². The van der Waals surface area contributed by atoms with E-state index >= 15 is 0 Å². The number of carbonyl (C=O) groups excluding carboxylic acids is 1. The van der Waals surface area contributed by atoms with Gasteiger partial charge in [-0.2, -0.15) is 16.7 Å². The zero-order valence-corrected chi connectivity index (χ0v) is 14.3. The summed E-state index contributed by atoms with van der Waals surface area (Å²) in [5, 5.41) is 2.59. The first-order valence-electron chi connectivity index (χ1n) is 7.64. The lowest BCUT2D eigenvalue weighted by Gasteiger charge is -2.05. The summed E-state index contributed by atoms with van der Waals surface area (Å²) in [6, 6.07) is 19.8. The van der Waals surface area contributed by atoms with Crippen LogP contribution in [-0.4, -0.2) is 22.4 Å². The number of carbonyl (C=O) groups is 1. The van der Waals surface area contributed by atoms with E-state index in [0.29, 0.717) is 11.5 Å². The van der Waals surface area contributed by atoms with Crippen molar-refractivity contribution in [3.05, 3.63) is 60.7 Å². The molecule has 0 saturated heterocycles. The molecule has 0 fully saturated rings. The molecule has 0 unspecified atom stereocenters. The lowest BCUT2D eigenvalue weighted by Crippen LogP contribution is -2.22. The summed E-state index contributed by atoms with van der Waals surface area (Å²) in [6.45, 7) is 1.85. The summed E-state index contributed by atoms with van der Waals surface area (Å²) in [7, 11) is 0. The molecule has 1 heterocycles. The molecular formula is C19H18N2O2S. The minimum Gasteiger partial charge on any atom is -0.423 e. The number of aromatic nitrogens is 1. The van der Waals surface area contributed by atoms with Crippen molar-refractivity contribution in [2.24, 2.45) is 0 Å². The number of rotatable bonds is 5. The Morgan fingerprint density at radius 2 is 1.62 bits per heavy atom. The Balaban J connectivity index is 2.02. The van der Waals surface area contributed by atoms with Gasteiger partial charge in [-0.25, -0.2) is 0 Å². The Morgan fingerprint density at radius 1 is 1.04 bits per heavy atom. The lowest BCUT2D eigenvalue weighted by atomic mass is 10.1. The van der Waals surface area contributed by atoms with Gasteiger partial charge >= 0.3 is 6.01 Å². The molecule has 2 aromatic carbocycles. The van der Waals surface area contributed by atoms with E-state index in [4.69, 9.17) is 4.42 Å². The number of nitrogens with one attached hydrogen (secondary N) is 1. The number of benzene rings is 2. The molecule has 0 saturated carbocycles. The Hall–Kier alpha value is -2.53. The van der Waals surface area contributed by atoms with Crippen LogP contribution in [0.1, 0.15) is 6.92 Å². The monoisotopic (exact) mass is 338 g/mol. The summed E-state index contributed by atoms with van der Waals surface area (Å²) in [5.74, 6) is 0.525. The Kier molecular flexibility index (Phi) is 5.01. The van der Waals surface area contributed by atoms with Crippen molar-refractivity contribution in [1.82, 2.24) is 4.98 Å². The van der Waals surface area contributed by atoms with Gasteiger partial charge in [-0.05, 0) is 13.2 Å². The van der Waals surface area contributed by atoms with Crippen LogP contribution in [0.3, 0.4) is 0 Å². The molecule has 122 valence electrons. The van der Waals surface area contributed by atoms with Gasteiger partial charge in [0.25, 0.3) is 0 Å². The number of amides is 1. The fraction of sp³-hybridized carbons (Fsp3) is 0.158. The largest absolute Gasteiger partial charge is 0.423 e. The first kappa shape index (κ1) is 16.3. The smallest absolute Gasteiger partial charge is 0.302 e. The second kappa shape index (κ2) is 7.36. The van der Waals surface area contributed by atoms with Gasteiger partial charge in [0, 0.05) is 11.1 Å². The van der Waals surface area contributed by atoms with E-state index in [1.54, 1.807) is 0 Å². The van der Waals surface area contributed by atoms with Gasteiger partial charge in [-0.15, -0.1) is 0 Å². The van der Waals surface area contributed by atoms with Gasteiger partial charge in [-0.3, -0.25) is 10.1 Å². The fourth-order valence-electron chi connectivity index (χ4n) is 2.26. The molecule has 4 nitrogen and oxygen atoms in total. The molecule has 0 aliphatic carbocycles. The molecule has 1 atom stereocenters. The number of thioether (sulfide) groups is 1. The number of hydrogen-bond donors (Lipinski definition) is 1. The topological polar surface area (TPSA) is 55.1 Å². The highest BCUT2D eigenvalue weighted by molar-refractivity contribution is 7.99. The number of oxazole rings is 1. The van der Waals surface area contributed by atoms with Crippen molar-refractivity contribution in [2.45, 2.75) is 12.2 Å². The predicted molar refractivity (Wildman–Crippen MR) is 99.0 cm³/mol. The van der Waals surface area contributed by atoms with Gasteiger partial charge in [0.1, 0.15) is 5.69 Å². The lowest BCUT2D eigenvalue weighted by molar-refractivity contribution is -0.115. The molecule has 0 bridgehead atoms. The maximum Gasteiger partial charge on any atom is 0.302 e. The molecule has 1 aromatic heterocycles. The van der Waals surface area contributed by atoms with E-state index in [1.807, 2.05) is 73.8 Å². The zero-order valence-electron chi connectivity index (χ0n) is 13.5. The minimum absolute atomic E-state index is 0.122. The third-order valence-electron chi connectivity index (χ3n) is 3.66. The molecule has 1 amide bonds. The number of hydrogen-bond acceptors (Lipinski definition) is 4. The van der Waals surface area contributed by atoms with E-state index in [-0.39, 0.29) is 17.2 Å². The van der Waals surface area contributed by atoms with Crippen LogP contribution in [0.4, 0.5) is 6.01 Å². The van der Waals surface area contributed by atoms with Crippen LogP contribution < -0.4 is 5.32 Å². The average Bonchev–Trinajstić information content (AvgIpc) is 3.06. The zero-order chi connectivity index (χ0) is 16.9. The van der Waals surface area contributed by atoms with Gasteiger partial charge in [0.15, 0.2) is 5.76 Å².